The second kappa shape index (κ2) is 6.11. The normalized spacial score (nSPS) is 20.0. The van der Waals surface area contributed by atoms with Gasteiger partial charge in [-0.1, -0.05) is 0 Å². The maximum Gasteiger partial charge on any atom is 0.408 e. The van der Waals surface area contributed by atoms with Crippen LogP contribution in [0.2, 0.25) is 0 Å². The fraction of sp³-hybridized carbons (Fsp3) is 0.769. The van der Waals surface area contributed by atoms with Crippen LogP contribution in [0.3, 0.4) is 0 Å². The molecular weight excluding hydrogens is 264 g/mol. The number of esters is 1. The lowest BCUT2D eigenvalue weighted by atomic mass is 10.1. The molecule has 0 bridgehead atoms. The van der Waals surface area contributed by atoms with E-state index in [0.29, 0.717) is 6.54 Å². The molecule has 0 aromatic carbocycles. The summed E-state index contributed by atoms with van der Waals surface area (Å²) in [5.74, 6) is -0.638. The molecule has 0 aliphatic carbocycles. The molecule has 2 amide bonds. The lowest BCUT2D eigenvalue weighted by molar-refractivity contribution is -0.155. The minimum Gasteiger partial charge on any atom is -0.465 e. The van der Waals surface area contributed by atoms with Gasteiger partial charge in [0.1, 0.15) is 11.6 Å². The van der Waals surface area contributed by atoms with Gasteiger partial charge in [0, 0.05) is 19.6 Å². The Morgan fingerprint density at radius 2 is 1.95 bits per heavy atom. The summed E-state index contributed by atoms with van der Waals surface area (Å²) in [6, 6.07) is -0.708. The molecule has 20 heavy (non-hydrogen) atoms. The van der Waals surface area contributed by atoms with Gasteiger partial charge in [0.2, 0.25) is 5.91 Å². The van der Waals surface area contributed by atoms with Gasteiger partial charge in [-0.3, -0.25) is 14.5 Å². The largest absolute Gasteiger partial charge is 0.465 e. The molecule has 0 spiro atoms. The highest BCUT2D eigenvalue weighted by molar-refractivity contribution is 5.86. The number of carboxylic acid groups (broad SMARTS) is 1. The first-order chi connectivity index (χ1) is 9.11. The molecule has 1 saturated heterocycles. The highest BCUT2D eigenvalue weighted by Crippen LogP contribution is 2.13. The van der Waals surface area contributed by atoms with Crippen molar-refractivity contribution in [3.05, 3.63) is 0 Å². The molecule has 0 aromatic rings. The van der Waals surface area contributed by atoms with Crippen molar-refractivity contribution in [3.63, 3.8) is 0 Å². The van der Waals surface area contributed by atoms with Crippen molar-refractivity contribution in [2.75, 3.05) is 19.6 Å². The van der Waals surface area contributed by atoms with Crippen molar-refractivity contribution in [3.8, 4) is 0 Å². The summed E-state index contributed by atoms with van der Waals surface area (Å²) in [7, 11) is 0. The molecular formula is C13H22N2O5. The van der Waals surface area contributed by atoms with E-state index in [1.165, 1.54) is 4.90 Å². The number of ether oxygens (including phenoxy) is 1. The topological polar surface area (TPSA) is 87.2 Å². The summed E-state index contributed by atoms with van der Waals surface area (Å²) < 4.78 is 5.17. The monoisotopic (exact) mass is 286 g/mol. The molecule has 1 aliphatic heterocycles. The Bertz CT molecular complexity index is 402. The van der Waals surface area contributed by atoms with Crippen LogP contribution in [0.5, 0.6) is 0 Å². The van der Waals surface area contributed by atoms with E-state index in [2.05, 4.69) is 0 Å². The maximum absolute atomic E-state index is 12.0. The summed E-state index contributed by atoms with van der Waals surface area (Å²) in [5, 5.41) is 8.94. The van der Waals surface area contributed by atoms with E-state index in [1.54, 1.807) is 27.7 Å². The van der Waals surface area contributed by atoms with Crippen LogP contribution in [0.15, 0.2) is 0 Å². The Labute approximate surface area is 118 Å². The Hall–Kier alpha value is -1.79. The zero-order valence-corrected chi connectivity index (χ0v) is 12.4. The van der Waals surface area contributed by atoms with Crippen molar-refractivity contribution < 1.29 is 24.2 Å². The number of hydrogen-bond donors (Lipinski definition) is 1. The number of piperazine rings is 1. The first-order valence-corrected chi connectivity index (χ1v) is 6.62. The van der Waals surface area contributed by atoms with Crippen LogP contribution >= 0.6 is 0 Å². The standard InChI is InChI=1S/C13H22N2O5/c1-9-11(17)14(7-8-15(9)12(18)19)6-5-10(16)20-13(2,3)4/h9H,5-8H2,1-4H3,(H,18,19). The van der Waals surface area contributed by atoms with Gasteiger partial charge >= 0.3 is 12.1 Å². The van der Waals surface area contributed by atoms with Crippen molar-refractivity contribution in [1.29, 1.82) is 0 Å². The van der Waals surface area contributed by atoms with E-state index in [0.717, 1.165) is 4.90 Å². The van der Waals surface area contributed by atoms with Crippen LogP contribution in [-0.4, -0.2) is 64.2 Å². The van der Waals surface area contributed by atoms with Gasteiger partial charge in [-0.2, -0.15) is 0 Å². The molecule has 1 heterocycles. The number of nitrogens with zero attached hydrogens (tertiary/aromatic N) is 2. The van der Waals surface area contributed by atoms with Gasteiger partial charge in [0.05, 0.1) is 6.42 Å². The zero-order valence-electron chi connectivity index (χ0n) is 12.4. The summed E-state index contributed by atoms with van der Waals surface area (Å²) in [4.78, 5) is 37.1. The molecule has 1 fully saturated rings. The van der Waals surface area contributed by atoms with Crippen LogP contribution < -0.4 is 0 Å². The highest BCUT2D eigenvalue weighted by Gasteiger charge is 2.34. The van der Waals surface area contributed by atoms with Gasteiger partial charge in [-0.05, 0) is 27.7 Å². The Kier molecular flexibility index (Phi) is 4.97. The number of carbonyl (C=O) groups excluding carboxylic acids is 2. The molecule has 1 aliphatic rings. The molecule has 1 unspecified atom stereocenters. The van der Waals surface area contributed by atoms with Gasteiger partial charge in [0.25, 0.3) is 0 Å². The summed E-state index contributed by atoms with van der Waals surface area (Å²) in [6.07, 6.45) is -0.986. The average molecular weight is 286 g/mol. The average Bonchev–Trinajstić information content (AvgIpc) is 2.28. The minimum atomic E-state index is -1.10. The van der Waals surface area contributed by atoms with Crippen molar-refractivity contribution >= 4 is 18.0 Å². The number of amides is 2. The van der Waals surface area contributed by atoms with Crippen molar-refractivity contribution in [2.24, 2.45) is 0 Å². The van der Waals surface area contributed by atoms with Crippen molar-refractivity contribution in [2.45, 2.75) is 45.8 Å². The SMILES string of the molecule is CC1C(=O)N(CCC(=O)OC(C)(C)C)CCN1C(=O)O. The van der Waals surface area contributed by atoms with E-state index >= 15 is 0 Å². The van der Waals surface area contributed by atoms with Crippen LogP contribution in [0, 0.1) is 0 Å². The van der Waals surface area contributed by atoms with E-state index in [1.807, 2.05) is 0 Å². The fourth-order valence-corrected chi connectivity index (χ4v) is 2.03. The molecule has 7 nitrogen and oxygen atoms in total. The predicted octanol–water partition coefficient (Wildman–Crippen LogP) is 0.929. The predicted molar refractivity (Wildman–Crippen MR) is 71.2 cm³/mol. The minimum absolute atomic E-state index is 0.114. The lowest BCUT2D eigenvalue weighted by Crippen LogP contribution is -2.57. The summed E-state index contributed by atoms with van der Waals surface area (Å²) in [5.41, 5.74) is -0.545. The molecule has 0 radical (unpaired) electrons. The molecule has 114 valence electrons. The second-order valence-corrected chi connectivity index (χ2v) is 5.81. The van der Waals surface area contributed by atoms with Crippen LogP contribution in [0.1, 0.15) is 34.1 Å². The molecule has 0 saturated carbocycles. The maximum atomic E-state index is 12.0. The fourth-order valence-electron chi connectivity index (χ4n) is 2.03. The number of rotatable bonds is 3. The van der Waals surface area contributed by atoms with Gasteiger partial charge < -0.3 is 14.7 Å². The van der Waals surface area contributed by atoms with E-state index < -0.39 is 17.7 Å². The van der Waals surface area contributed by atoms with Crippen molar-refractivity contribution in [1.82, 2.24) is 9.80 Å². The summed E-state index contributed by atoms with van der Waals surface area (Å²) in [6.45, 7) is 7.72. The highest BCUT2D eigenvalue weighted by atomic mass is 16.6. The zero-order chi connectivity index (χ0) is 15.5. The van der Waals surface area contributed by atoms with E-state index in [-0.39, 0.29) is 31.4 Å². The number of carbonyl (C=O) groups is 3. The van der Waals surface area contributed by atoms with Crippen LogP contribution in [0.25, 0.3) is 0 Å². The smallest absolute Gasteiger partial charge is 0.408 e. The third-order valence-corrected chi connectivity index (χ3v) is 3.00. The first-order valence-electron chi connectivity index (χ1n) is 6.62. The van der Waals surface area contributed by atoms with E-state index in [9.17, 15) is 14.4 Å². The van der Waals surface area contributed by atoms with Gasteiger partial charge in [-0.15, -0.1) is 0 Å². The summed E-state index contributed by atoms with van der Waals surface area (Å²) >= 11 is 0. The molecule has 1 atom stereocenters. The Morgan fingerprint density at radius 1 is 1.35 bits per heavy atom. The van der Waals surface area contributed by atoms with Gasteiger partial charge in [-0.25, -0.2) is 4.79 Å². The Morgan fingerprint density at radius 3 is 2.45 bits per heavy atom. The lowest BCUT2D eigenvalue weighted by Gasteiger charge is -2.37. The Balaban J connectivity index is 2.49. The molecule has 0 aromatic heterocycles. The van der Waals surface area contributed by atoms with Crippen LogP contribution in [-0.2, 0) is 14.3 Å². The first kappa shape index (κ1) is 16.3. The van der Waals surface area contributed by atoms with Crippen LogP contribution in [0.4, 0.5) is 4.79 Å². The molecule has 1 rings (SSSR count). The third kappa shape index (κ3) is 4.40. The van der Waals surface area contributed by atoms with Gasteiger partial charge in [0.15, 0.2) is 0 Å². The third-order valence-electron chi connectivity index (χ3n) is 3.00. The van der Waals surface area contributed by atoms with E-state index in [4.69, 9.17) is 9.84 Å². The second-order valence-electron chi connectivity index (χ2n) is 5.81. The quantitative estimate of drug-likeness (QED) is 0.780. The number of hydrogen-bond acceptors (Lipinski definition) is 4. The molecule has 7 heteroatoms. The molecule has 1 N–H and O–H groups in total.